The summed E-state index contributed by atoms with van der Waals surface area (Å²) in [6, 6.07) is 8.91. The van der Waals surface area contributed by atoms with Gasteiger partial charge in [-0.25, -0.2) is 0 Å². The second-order valence-corrected chi connectivity index (χ2v) is 8.87. The van der Waals surface area contributed by atoms with Crippen molar-refractivity contribution < 1.29 is 14.6 Å². The molecule has 1 saturated carbocycles. The molecule has 4 heterocycles. The standard InChI is InChI=1S/C23H30N2O3/c1-3-14-12-15-13-23(22(27)28-2)20-17(16-6-4-5-7-18(16)24-20)8-10-25(21(14)23)19(15)9-11-26/h4-7,14-15,19,21,24,26H,3,8-13H2,1-2H3/t14-,15+,19?,21-,23+/m0/s1. The first-order chi connectivity index (χ1) is 13.7. The number of hydrogen-bond donors (Lipinski definition) is 2. The van der Waals surface area contributed by atoms with Gasteiger partial charge in [-0.1, -0.05) is 31.5 Å². The molecule has 1 aromatic carbocycles. The van der Waals surface area contributed by atoms with Crippen LogP contribution in [0.2, 0.25) is 0 Å². The number of benzene rings is 1. The Morgan fingerprint density at radius 1 is 1.39 bits per heavy atom. The fraction of sp³-hybridized carbons (Fsp3) is 0.609. The number of aromatic nitrogens is 1. The Labute approximate surface area is 166 Å². The monoisotopic (exact) mass is 382 g/mol. The van der Waals surface area contributed by atoms with Crippen molar-refractivity contribution in [2.75, 3.05) is 20.3 Å². The first-order valence-corrected chi connectivity index (χ1v) is 10.7. The molecule has 2 N–H and O–H groups in total. The van der Waals surface area contributed by atoms with Crippen LogP contribution in [0.3, 0.4) is 0 Å². The minimum atomic E-state index is -0.630. The van der Waals surface area contributed by atoms with E-state index in [1.54, 1.807) is 0 Å². The molecule has 5 heteroatoms. The van der Waals surface area contributed by atoms with Gasteiger partial charge in [-0.3, -0.25) is 9.69 Å². The maximum absolute atomic E-state index is 13.5. The summed E-state index contributed by atoms with van der Waals surface area (Å²) < 4.78 is 5.48. The fourth-order valence-electron chi connectivity index (χ4n) is 6.91. The molecule has 150 valence electrons. The Bertz CT molecular complexity index is 906. The van der Waals surface area contributed by atoms with Crippen molar-refractivity contribution in [2.24, 2.45) is 11.8 Å². The first-order valence-electron chi connectivity index (χ1n) is 10.7. The van der Waals surface area contributed by atoms with E-state index >= 15 is 0 Å². The number of esters is 1. The zero-order valence-electron chi connectivity index (χ0n) is 16.8. The van der Waals surface area contributed by atoms with Gasteiger partial charge >= 0.3 is 5.97 Å². The Morgan fingerprint density at radius 2 is 2.21 bits per heavy atom. The third-order valence-electron chi connectivity index (χ3n) is 7.85. The van der Waals surface area contributed by atoms with E-state index in [-0.39, 0.29) is 18.6 Å². The van der Waals surface area contributed by atoms with E-state index in [4.69, 9.17) is 4.74 Å². The van der Waals surface area contributed by atoms with Crippen molar-refractivity contribution >= 4 is 16.9 Å². The molecule has 3 aliphatic heterocycles. The van der Waals surface area contributed by atoms with Crippen LogP contribution in [-0.2, 0) is 21.4 Å². The van der Waals surface area contributed by atoms with Gasteiger partial charge in [-0.05, 0) is 49.1 Å². The van der Waals surface area contributed by atoms with E-state index in [1.807, 2.05) is 0 Å². The topological polar surface area (TPSA) is 65.6 Å². The summed E-state index contributed by atoms with van der Waals surface area (Å²) >= 11 is 0. The highest BCUT2D eigenvalue weighted by Gasteiger charge is 2.65. The van der Waals surface area contributed by atoms with Crippen molar-refractivity contribution in [1.82, 2.24) is 9.88 Å². The van der Waals surface area contributed by atoms with Crippen molar-refractivity contribution in [3.05, 3.63) is 35.5 Å². The molecular formula is C23H30N2O3. The zero-order valence-corrected chi connectivity index (χ0v) is 16.8. The lowest BCUT2D eigenvalue weighted by atomic mass is 9.54. The molecule has 6 atom stereocenters. The van der Waals surface area contributed by atoms with E-state index in [0.29, 0.717) is 17.9 Å². The second-order valence-electron chi connectivity index (χ2n) is 8.87. The number of methoxy groups -OCH3 is 1. The Balaban J connectivity index is 1.76. The van der Waals surface area contributed by atoms with Crippen molar-refractivity contribution in [2.45, 2.75) is 56.5 Å². The average Bonchev–Trinajstić information content (AvgIpc) is 3.06. The summed E-state index contributed by atoms with van der Waals surface area (Å²) in [7, 11) is 1.53. The molecule has 1 aromatic heterocycles. The number of nitrogens with zero attached hydrogens (tertiary/aromatic N) is 1. The molecular weight excluding hydrogens is 352 g/mol. The van der Waals surface area contributed by atoms with Gasteiger partial charge in [0, 0.05) is 41.8 Å². The zero-order chi connectivity index (χ0) is 19.5. The van der Waals surface area contributed by atoms with Gasteiger partial charge in [-0.15, -0.1) is 0 Å². The van der Waals surface area contributed by atoms with E-state index in [1.165, 1.54) is 18.1 Å². The molecule has 0 amide bonds. The molecule has 4 aliphatic rings. The summed E-state index contributed by atoms with van der Waals surface area (Å²) in [4.78, 5) is 19.7. The molecule has 28 heavy (non-hydrogen) atoms. The van der Waals surface area contributed by atoms with Gasteiger partial charge in [0.1, 0.15) is 5.41 Å². The van der Waals surface area contributed by atoms with Crippen LogP contribution in [0.4, 0.5) is 0 Å². The number of rotatable bonds is 4. The van der Waals surface area contributed by atoms with Crippen LogP contribution in [0, 0.1) is 11.8 Å². The van der Waals surface area contributed by atoms with Gasteiger partial charge in [0.25, 0.3) is 0 Å². The summed E-state index contributed by atoms with van der Waals surface area (Å²) in [6.45, 7) is 3.40. The number of aliphatic hydroxyl groups is 1. The molecule has 2 saturated heterocycles. The maximum atomic E-state index is 13.5. The molecule has 4 bridgehead atoms. The van der Waals surface area contributed by atoms with Gasteiger partial charge < -0.3 is 14.8 Å². The highest BCUT2D eigenvalue weighted by molar-refractivity contribution is 5.91. The van der Waals surface area contributed by atoms with Crippen LogP contribution >= 0.6 is 0 Å². The molecule has 2 unspecified atom stereocenters. The van der Waals surface area contributed by atoms with Gasteiger partial charge in [0.15, 0.2) is 0 Å². The lowest BCUT2D eigenvalue weighted by molar-refractivity contribution is -0.169. The Hall–Kier alpha value is -1.85. The predicted molar refractivity (Wildman–Crippen MR) is 108 cm³/mol. The number of aromatic amines is 1. The smallest absolute Gasteiger partial charge is 0.319 e. The number of aliphatic hydroxyl groups excluding tert-OH is 1. The third kappa shape index (κ3) is 2.23. The number of fused-ring (bicyclic) bond motifs is 4. The highest BCUT2D eigenvalue weighted by atomic mass is 16.5. The molecule has 1 aliphatic carbocycles. The van der Waals surface area contributed by atoms with E-state index < -0.39 is 5.41 Å². The van der Waals surface area contributed by atoms with E-state index in [2.05, 4.69) is 41.1 Å². The number of carbonyl (C=O) groups is 1. The Kier molecular flexibility index (Phi) is 4.29. The number of nitrogens with one attached hydrogen (secondary N) is 1. The molecule has 0 radical (unpaired) electrons. The number of hydrogen-bond acceptors (Lipinski definition) is 4. The highest BCUT2D eigenvalue weighted by Crippen LogP contribution is 2.57. The summed E-state index contributed by atoms with van der Waals surface area (Å²) in [5.41, 5.74) is 2.87. The number of H-pyrrole nitrogens is 1. The van der Waals surface area contributed by atoms with Crippen LogP contribution in [0.5, 0.6) is 0 Å². The first kappa shape index (κ1) is 18.2. The van der Waals surface area contributed by atoms with Crippen molar-refractivity contribution in [3.8, 4) is 0 Å². The largest absolute Gasteiger partial charge is 0.468 e. The van der Waals surface area contributed by atoms with Crippen LogP contribution in [-0.4, -0.2) is 53.3 Å². The number of piperidine rings is 2. The Morgan fingerprint density at radius 3 is 2.96 bits per heavy atom. The lowest BCUT2D eigenvalue weighted by Crippen LogP contribution is -2.70. The SMILES string of the molecule is CC[C@H]1C[C@@H]2C[C@@]3(C(=O)OC)c4[nH]c5ccccc5c4CCN(C2CCO)[C@@H]13. The fourth-order valence-corrected chi connectivity index (χ4v) is 6.91. The van der Waals surface area contributed by atoms with Gasteiger partial charge in [0.2, 0.25) is 0 Å². The maximum Gasteiger partial charge on any atom is 0.319 e. The van der Waals surface area contributed by atoms with Crippen LogP contribution in [0.25, 0.3) is 10.9 Å². The van der Waals surface area contributed by atoms with Gasteiger partial charge in [-0.2, -0.15) is 0 Å². The quantitative estimate of drug-likeness (QED) is 0.798. The van der Waals surface area contributed by atoms with Gasteiger partial charge in [0.05, 0.1) is 7.11 Å². The van der Waals surface area contributed by atoms with E-state index in [9.17, 15) is 9.90 Å². The number of carbonyl (C=O) groups excluding carboxylic acids is 1. The molecule has 5 nitrogen and oxygen atoms in total. The summed E-state index contributed by atoms with van der Waals surface area (Å²) in [5, 5.41) is 10.9. The van der Waals surface area contributed by atoms with Crippen molar-refractivity contribution in [3.63, 3.8) is 0 Å². The lowest BCUT2D eigenvalue weighted by Gasteiger charge is -2.61. The minimum absolute atomic E-state index is 0.0946. The molecule has 0 spiro atoms. The second kappa shape index (κ2) is 6.60. The van der Waals surface area contributed by atoms with E-state index in [0.717, 1.165) is 49.9 Å². The molecule has 6 rings (SSSR count). The van der Waals surface area contributed by atoms with Crippen LogP contribution < -0.4 is 0 Å². The average molecular weight is 383 g/mol. The van der Waals surface area contributed by atoms with Crippen LogP contribution in [0.1, 0.15) is 43.9 Å². The summed E-state index contributed by atoms with van der Waals surface area (Å²) in [6.07, 6.45) is 4.76. The molecule has 2 aromatic rings. The molecule has 3 fully saturated rings. The van der Waals surface area contributed by atoms with Crippen molar-refractivity contribution in [1.29, 1.82) is 0 Å². The predicted octanol–water partition coefficient (Wildman–Crippen LogP) is 3.01. The normalized spacial score (nSPS) is 36.2. The van der Waals surface area contributed by atoms with Crippen LogP contribution in [0.15, 0.2) is 24.3 Å². The number of para-hydroxylation sites is 1. The third-order valence-corrected chi connectivity index (χ3v) is 7.85. The minimum Gasteiger partial charge on any atom is -0.468 e. The summed E-state index contributed by atoms with van der Waals surface area (Å²) in [5.74, 6) is 0.798. The number of ether oxygens (including phenoxy) is 1.